The molecular formula is C16H25N3O2S. The topological polar surface area (TPSA) is 46.6 Å². The van der Waals surface area contributed by atoms with E-state index < -0.39 is 0 Å². The average Bonchev–Trinajstić information content (AvgIpc) is 3.20. The fourth-order valence-electron chi connectivity index (χ4n) is 4.19. The van der Waals surface area contributed by atoms with Gasteiger partial charge in [-0.3, -0.25) is 4.90 Å². The van der Waals surface area contributed by atoms with E-state index in [1.165, 1.54) is 32.2 Å². The van der Waals surface area contributed by atoms with Crippen LogP contribution in [-0.4, -0.2) is 60.5 Å². The molecule has 3 saturated heterocycles. The standard InChI is InChI=1S/C16H25N3O2S/c1-4-16(12-19(6-1)14-2-7-20-8-3-14)10-13(11-21-16)18-15-17-5-9-22-15/h5,9,13-14H,1-4,6-8,10-12H2,(H,17,18)/t13-,16-/m0/s1. The van der Waals surface area contributed by atoms with E-state index in [9.17, 15) is 0 Å². The van der Waals surface area contributed by atoms with Crippen LogP contribution in [0.25, 0.3) is 0 Å². The van der Waals surface area contributed by atoms with Gasteiger partial charge in [0, 0.05) is 43.8 Å². The molecule has 122 valence electrons. The summed E-state index contributed by atoms with van der Waals surface area (Å²) < 4.78 is 11.8. The van der Waals surface area contributed by atoms with Crippen molar-refractivity contribution >= 4 is 16.5 Å². The number of likely N-dealkylation sites (tertiary alicyclic amines) is 1. The highest BCUT2D eigenvalue weighted by Crippen LogP contribution is 2.37. The fraction of sp³-hybridized carbons (Fsp3) is 0.812. The van der Waals surface area contributed by atoms with Gasteiger partial charge in [0.1, 0.15) is 0 Å². The van der Waals surface area contributed by atoms with E-state index in [4.69, 9.17) is 9.47 Å². The van der Waals surface area contributed by atoms with Crippen LogP contribution < -0.4 is 5.32 Å². The summed E-state index contributed by atoms with van der Waals surface area (Å²) in [4.78, 5) is 6.99. The summed E-state index contributed by atoms with van der Waals surface area (Å²) in [6.45, 7) is 4.96. The molecule has 3 aliphatic rings. The number of thiazole rings is 1. The van der Waals surface area contributed by atoms with Crippen LogP contribution in [0.1, 0.15) is 32.1 Å². The molecule has 0 bridgehead atoms. The van der Waals surface area contributed by atoms with Crippen LogP contribution in [0.2, 0.25) is 0 Å². The van der Waals surface area contributed by atoms with E-state index in [-0.39, 0.29) is 5.60 Å². The first-order chi connectivity index (χ1) is 10.8. The van der Waals surface area contributed by atoms with Crippen LogP contribution in [-0.2, 0) is 9.47 Å². The summed E-state index contributed by atoms with van der Waals surface area (Å²) in [5, 5.41) is 6.56. The lowest BCUT2D eigenvalue weighted by Gasteiger charge is -2.44. The quantitative estimate of drug-likeness (QED) is 0.925. The van der Waals surface area contributed by atoms with Crippen LogP contribution in [0.3, 0.4) is 0 Å². The zero-order valence-corrected chi connectivity index (χ0v) is 13.8. The number of hydrogen-bond donors (Lipinski definition) is 1. The number of anilines is 1. The van der Waals surface area contributed by atoms with Gasteiger partial charge in [-0.2, -0.15) is 0 Å². The number of ether oxygens (including phenoxy) is 2. The number of nitrogens with one attached hydrogen (secondary N) is 1. The van der Waals surface area contributed by atoms with Gasteiger partial charge in [0.2, 0.25) is 0 Å². The van der Waals surface area contributed by atoms with Crippen LogP contribution >= 0.6 is 11.3 Å². The highest BCUT2D eigenvalue weighted by Gasteiger charge is 2.44. The second-order valence-corrected chi connectivity index (χ2v) is 7.69. The first-order valence-electron chi connectivity index (χ1n) is 8.45. The van der Waals surface area contributed by atoms with Crippen LogP contribution in [0.4, 0.5) is 5.13 Å². The maximum atomic E-state index is 6.31. The first kappa shape index (κ1) is 14.9. The predicted molar refractivity (Wildman–Crippen MR) is 87.5 cm³/mol. The van der Waals surface area contributed by atoms with Crippen LogP contribution in [0.5, 0.6) is 0 Å². The fourth-order valence-corrected chi connectivity index (χ4v) is 4.79. The summed E-state index contributed by atoms with van der Waals surface area (Å²) in [5.74, 6) is 0. The lowest BCUT2D eigenvalue weighted by molar-refractivity contribution is -0.0741. The van der Waals surface area contributed by atoms with Crippen molar-refractivity contribution in [3.8, 4) is 0 Å². The van der Waals surface area contributed by atoms with Gasteiger partial charge in [-0.05, 0) is 32.2 Å². The van der Waals surface area contributed by atoms with Gasteiger partial charge < -0.3 is 14.8 Å². The van der Waals surface area contributed by atoms with Gasteiger partial charge in [-0.1, -0.05) is 0 Å². The molecule has 22 heavy (non-hydrogen) atoms. The molecule has 0 saturated carbocycles. The second-order valence-electron chi connectivity index (χ2n) is 6.79. The zero-order chi connectivity index (χ0) is 14.8. The average molecular weight is 323 g/mol. The van der Waals surface area contributed by atoms with Crippen molar-refractivity contribution in [3.63, 3.8) is 0 Å². The third-order valence-corrected chi connectivity index (χ3v) is 5.95. The molecule has 1 aromatic rings. The summed E-state index contributed by atoms with van der Waals surface area (Å²) in [6, 6.07) is 1.10. The Morgan fingerprint density at radius 3 is 3.09 bits per heavy atom. The number of nitrogens with zero attached hydrogens (tertiary/aromatic N) is 2. The Kier molecular flexibility index (Phi) is 4.35. The molecule has 1 N–H and O–H groups in total. The SMILES string of the molecule is c1csc(N[C@@H]2CO[C@@]3(CCCN(C4CCOCC4)C3)C2)n1. The molecular weight excluding hydrogens is 298 g/mol. The Hall–Kier alpha value is -0.690. The van der Waals surface area contributed by atoms with Gasteiger partial charge >= 0.3 is 0 Å². The summed E-state index contributed by atoms with van der Waals surface area (Å²) in [5.41, 5.74) is 0.0610. The second kappa shape index (κ2) is 6.43. The number of rotatable bonds is 3. The molecule has 3 aliphatic heterocycles. The minimum Gasteiger partial charge on any atom is -0.381 e. The summed E-state index contributed by atoms with van der Waals surface area (Å²) >= 11 is 1.67. The molecule has 5 nitrogen and oxygen atoms in total. The molecule has 0 amide bonds. The van der Waals surface area contributed by atoms with Crippen molar-refractivity contribution in [1.82, 2.24) is 9.88 Å². The molecule has 0 unspecified atom stereocenters. The predicted octanol–water partition coefficient (Wildman–Crippen LogP) is 2.36. The lowest BCUT2D eigenvalue weighted by atomic mass is 9.87. The van der Waals surface area contributed by atoms with Crippen LogP contribution in [0.15, 0.2) is 11.6 Å². The minimum absolute atomic E-state index is 0.0610. The molecule has 4 rings (SSSR count). The third-order valence-electron chi connectivity index (χ3n) is 5.25. The van der Waals surface area contributed by atoms with E-state index >= 15 is 0 Å². The molecule has 0 radical (unpaired) electrons. The van der Waals surface area contributed by atoms with E-state index in [0.717, 1.165) is 37.9 Å². The van der Waals surface area contributed by atoms with Crippen molar-refractivity contribution in [1.29, 1.82) is 0 Å². The Bertz CT molecular complexity index is 478. The molecule has 1 aromatic heterocycles. The van der Waals surface area contributed by atoms with Crippen molar-refractivity contribution in [2.45, 2.75) is 49.8 Å². The zero-order valence-electron chi connectivity index (χ0n) is 13.0. The van der Waals surface area contributed by atoms with E-state index in [2.05, 4.69) is 15.2 Å². The molecule has 0 aromatic carbocycles. The summed E-state index contributed by atoms with van der Waals surface area (Å²) in [6.07, 6.45) is 7.76. The Balaban J connectivity index is 1.37. The minimum atomic E-state index is 0.0610. The normalized spacial score (nSPS) is 34.3. The van der Waals surface area contributed by atoms with Crippen molar-refractivity contribution in [2.75, 3.05) is 38.2 Å². The Morgan fingerprint density at radius 1 is 1.36 bits per heavy atom. The molecule has 0 aliphatic carbocycles. The molecule has 2 atom stereocenters. The molecule has 4 heterocycles. The molecule has 1 spiro atoms. The van der Waals surface area contributed by atoms with Gasteiger partial charge in [0.05, 0.1) is 18.2 Å². The van der Waals surface area contributed by atoms with Gasteiger partial charge in [-0.25, -0.2) is 4.98 Å². The third kappa shape index (κ3) is 3.15. The smallest absolute Gasteiger partial charge is 0.182 e. The van der Waals surface area contributed by atoms with E-state index in [0.29, 0.717) is 12.1 Å². The molecule has 6 heteroatoms. The van der Waals surface area contributed by atoms with Gasteiger partial charge in [0.15, 0.2) is 5.13 Å². The first-order valence-corrected chi connectivity index (χ1v) is 9.33. The van der Waals surface area contributed by atoms with Gasteiger partial charge in [0.25, 0.3) is 0 Å². The lowest BCUT2D eigenvalue weighted by Crippen LogP contribution is -2.53. The molecule has 3 fully saturated rings. The van der Waals surface area contributed by atoms with Crippen molar-refractivity contribution in [2.24, 2.45) is 0 Å². The number of hydrogen-bond acceptors (Lipinski definition) is 6. The Morgan fingerprint density at radius 2 is 2.27 bits per heavy atom. The number of aromatic nitrogens is 1. The van der Waals surface area contributed by atoms with Gasteiger partial charge in [-0.15, -0.1) is 11.3 Å². The number of piperidine rings is 1. The van der Waals surface area contributed by atoms with Crippen molar-refractivity contribution < 1.29 is 9.47 Å². The maximum Gasteiger partial charge on any atom is 0.182 e. The highest BCUT2D eigenvalue weighted by molar-refractivity contribution is 7.13. The monoisotopic (exact) mass is 323 g/mol. The van der Waals surface area contributed by atoms with E-state index in [1.54, 1.807) is 11.3 Å². The maximum absolute atomic E-state index is 6.31. The Labute approximate surface area is 136 Å². The summed E-state index contributed by atoms with van der Waals surface area (Å²) in [7, 11) is 0. The van der Waals surface area contributed by atoms with E-state index in [1.807, 2.05) is 11.6 Å². The highest BCUT2D eigenvalue weighted by atomic mass is 32.1. The van der Waals surface area contributed by atoms with Crippen LogP contribution in [0, 0.1) is 0 Å². The largest absolute Gasteiger partial charge is 0.381 e. The van der Waals surface area contributed by atoms with Crippen molar-refractivity contribution in [3.05, 3.63) is 11.6 Å².